The summed E-state index contributed by atoms with van der Waals surface area (Å²) >= 11 is 0. The lowest BCUT2D eigenvalue weighted by atomic mass is 9.81. The minimum Gasteiger partial charge on any atom is -0.455 e. The number of pyridine rings is 1. The fourth-order valence-corrected chi connectivity index (χ4v) is 2.59. The Morgan fingerprint density at radius 1 is 1.29 bits per heavy atom. The predicted octanol–water partition coefficient (Wildman–Crippen LogP) is 3.89. The van der Waals surface area contributed by atoms with Gasteiger partial charge in [-0.3, -0.25) is 9.78 Å². The van der Waals surface area contributed by atoms with E-state index in [1.165, 1.54) is 0 Å². The Labute approximate surface area is 143 Å². The standard InChI is InChI=1S/C19H25N3O2/c1-4-19(5-2,13-20)18(23)22-15-8-9-17(14(3)11-15)24-16-7-6-10-21-12-16/h6-12H,4-5,13,20H2,1-3H3,(H,22,23). The van der Waals surface area contributed by atoms with E-state index in [9.17, 15) is 4.79 Å². The van der Waals surface area contributed by atoms with E-state index in [0.29, 0.717) is 25.1 Å². The number of nitrogens with one attached hydrogen (secondary N) is 1. The fourth-order valence-electron chi connectivity index (χ4n) is 2.59. The van der Waals surface area contributed by atoms with Crippen LogP contribution in [-0.2, 0) is 4.79 Å². The minimum absolute atomic E-state index is 0.0321. The average Bonchev–Trinajstić information content (AvgIpc) is 2.60. The Morgan fingerprint density at radius 3 is 2.58 bits per heavy atom. The minimum atomic E-state index is -0.515. The maximum Gasteiger partial charge on any atom is 0.231 e. The van der Waals surface area contributed by atoms with Crippen LogP contribution in [0.5, 0.6) is 11.5 Å². The number of rotatable bonds is 7. The van der Waals surface area contributed by atoms with Crippen LogP contribution in [0.25, 0.3) is 0 Å². The second-order valence-corrected chi connectivity index (χ2v) is 5.92. The van der Waals surface area contributed by atoms with Gasteiger partial charge in [0.25, 0.3) is 0 Å². The van der Waals surface area contributed by atoms with Crippen LogP contribution < -0.4 is 15.8 Å². The Balaban J connectivity index is 2.13. The summed E-state index contributed by atoms with van der Waals surface area (Å²) in [7, 11) is 0. The van der Waals surface area contributed by atoms with Gasteiger partial charge in [0.05, 0.1) is 11.6 Å². The van der Waals surface area contributed by atoms with Crippen molar-refractivity contribution in [3.8, 4) is 11.5 Å². The third-order valence-corrected chi connectivity index (χ3v) is 4.52. The van der Waals surface area contributed by atoms with Gasteiger partial charge in [-0.05, 0) is 55.7 Å². The number of anilines is 1. The monoisotopic (exact) mass is 327 g/mol. The van der Waals surface area contributed by atoms with E-state index in [2.05, 4.69) is 10.3 Å². The lowest BCUT2D eigenvalue weighted by Crippen LogP contribution is -2.41. The molecule has 0 radical (unpaired) electrons. The first kappa shape index (κ1) is 17.9. The zero-order chi connectivity index (χ0) is 17.6. The topological polar surface area (TPSA) is 77.2 Å². The van der Waals surface area contributed by atoms with E-state index in [-0.39, 0.29) is 5.91 Å². The van der Waals surface area contributed by atoms with Gasteiger partial charge in [0.1, 0.15) is 11.5 Å². The first-order valence-electron chi connectivity index (χ1n) is 8.24. The molecule has 0 aliphatic carbocycles. The molecule has 3 N–H and O–H groups in total. The van der Waals surface area contributed by atoms with Crippen LogP contribution in [0.3, 0.4) is 0 Å². The van der Waals surface area contributed by atoms with Crippen LogP contribution in [0.15, 0.2) is 42.7 Å². The van der Waals surface area contributed by atoms with E-state index in [1.54, 1.807) is 12.4 Å². The number of nitrogens with zero attached hydrogens (tertiary/aromatic N) is 1. The molecule has 0 bridgehead atoms. The molecule has 0 fully saturated rings. The average molecular weight is 327 g/mol. The molecular formula is C19H25N3O2. The molecule has 128 valence electrons. The number of nitrogens with two attached hydrogens (primary N) is 1. The number of amides is 1. The second kappa shape index (κ2) is 7.93. The van der Waals surface area contributed by atoms with Crippen LogP contribution in [0.4, 0.5) is 5.69 Å². The summed E-state index contributed by atoms with van der Waals surface area (Å²) in [6.45, 7) is 6.27. The van der Waals surface area contributed by atoms with E-state index >= 15 is 0 Å². The predicted molar refractivity (Wildman–Crippen MR) is 96.2 cm³/mol. The second-order valence-electron chi connectivity index (χ2n) is 5.92. The van der Waals surface area contributed by atoms with Crippen LogP contribution in [0, 0.1) is 12.3 Å². The summed E-state index contributed by atoms with van der Waals surface area (Å²) in [4.78, 5) is 16.6. The van der Waals surface area contributed by atoms with Gasteiger partial charge in [-0.2, -0.15) is 0 Å². The van der Waals surface area contributed by atoms with Gasteiger partial charge in [0.2, 0.25) is 5.91 Å². The lowest BCUT2D eigenvalue weighted by molar-refractivity contribution is -0.125. The summed E-state index contributed by atoms with van der Waals surface area (Å²) in [5.41, 5.74) is 7.00. The molecule has 1 amide bonds. The maximum absolute atomic E-state index is 12.6. The van der Waals surface area contributed by atoms with Crippen molar-refractivity contribution in [2.45, 2.75) is 33.6 Å². The third kappa shape index (κ3) is 3.92. The molecule has 1 aromatic carbocycles. The normalized spacial score (nSPS) is 11.2. The van der Waals surface area contributed by atoms with Crippen LogP contribution in [0.1, 0.15) is 32.3 Å². The van der Waals surface area contributed by atoms with E-state index in [1.807, 2.05) is 51.1 Å². The Bertz CT molecular complexity index is 674. The molecule has 0 saturated carbocycles. The van der Waals surface area contributed by atoms with E-state index < -0.39 is 5.41 Å². The summed E-state index contributed by atoms with van der Waals surface area (Å²) in [6.07, 6.45) is 4.79. The molecule has 1 heterocycles. The summed E-state index contributed by atoms with van der Waals surface area (Å²) in [6, 6.07) is 9.25. The van der Waals surface area contributed by atoms with E-state index in [4.69, 9.17) is 10.5 Å². The Kier molecular flexibility index (Phi) is 5.93. The number of ether oxygens (including phenoxy) is 1. The van der Waals surface area contributed by atoms with Crippen LogP contribution in [0.2, 0.25) is 0 Å². The number of aromatic nitrogens is 1. The number of hydrogen-bond acceptors (Lipinski definition) is 4. The van der Waals surface area contributed by atoms with Gasteiger partial charge in [-0.15, -0.1) is 0 Å². The van der Waals surface area contributed by atoms with Crippen molar-refractivity contribution in [1.29, 1.82) is 0 Å². The van der Waals surface area contributed by atoms with Crippen molar-refractivity contribution in [2.75, 3.05) is 11.9 Å². The van der Waals surface area contributed by atoms with Crippen molar-refractivity contribution >= 4 is 11.6 Å². The van der Waals surface area contributed by atoms with Gasteiger partial charge in [-0.25, -0.2) is 0 Å². The molecule has 0 aliphatic heterocycles. The van der Waals surface area contributed by atoms with E-state index in [0.717, 1.165) is 17.0 Å². The van der Waals surface area contributed by atoms with Crippen molar-refractivity contribution in [1.82, 2.24) is 4.98 Å². The summed E-state index contributed by atoms with van der Waals surface area (Å²) in [5.74, 6) is 1.38. The van der Waals surface area contributed by atoms with Crippen LogP contribution >= 0.6 is 0 Å². The SMILES string of the molecule is CCC(CC)(CN)C(=O)Nc1ccc(Oc2cccnc2)c(C)c1. The number of carbonyl (C=O) groups is 1. The molecule has 5 nitrogen and oxygen atoms in total. The zero-order valence-corrected chi connectivity index (χ0v) is 14.5. The Morgan fingerprint density at radius 2 is 2.04 bits per heavy atom. The molecule has 1 aromatic heterocycles. The first-order chi connectivity index (χ1) is 11.5. The van der Waals surface area contributed by atoms with Crippen molar-refractivity contribution < 1.29 is 9.53 Å². The summed E-state index contributed by atoms with van der Waals surface area (Å²) < 4.78 is 5.80. The largest absolute Gasteiger partial charge is 0.455 e. The highest BCUT2D eigenvalue weighted by atomic mass is 16.5. The molecular weight excluding hydrogens is 302 g/mol. The maximum atomic E-state index is 12.6. The third-order valence-electron chi connectivity index (χ3n) is 4.52. The van der Waals surface area contributed by atoms with Gasteiger partial charge < -0.3 is 15.8 Å². The number of benzene rings is 1. The molecule has 24 heavy (non-hydrogen) atoms. The highest BCUT2D eigenvalue weighted by Gasteiger charge is 2.33. The van der Waals surface area contributed by atoms with Gasteiger partial charge in [-0.1, -0.05) is 13.8 Å². The summed E-state index contributed by atoms with van der Waals surface area (Å²) in [5, 5.41) is 2.98. The number of carbonyl (C=O) groups excluding carboxylic acids is 1. The number of hydrogen-bond donors (Lipinski definition) is 2. The molecule has 0 spiro atoms. The van der Waals surface area contributed by atoms with Crippen molar-refractivity contribution in [3.63, 3.8) is 0 Å². The molecule has 0 unspecified atom stereocenters. The molecule has 2 aromatic rings. The van der Waals surface area contributed by atoms with Gasteiger partial charge >= 0.3 is 0 Å². The van der Waals surface area contributed by atoms with Crippen molar-refractivity contribution in [2.24, 2.45) is 11.1 Å². The molecule has 5 heteroatoms. The zero-order valence-electron chi connectivity index (χ0n) is 14.5. The highest BCUT2D eigenvalue weighted by molar-refractivity contribution is 5.95. The smallest absolute Gasteiger partial charge is 0.231 e. The quantitative estimate of drug-likeness (QED) is 0.809. The lowest BCUT2D eigenvalue weighted by Gasteiger charge is -2.28. The molecule has 2 rings (SSSR count). The van der Waals surface area contributed by atoms with Gasteiger partial charge in [0.15, 0.2) is 0 Å². The fraction of sp³-hybridized carbons (Fsp3) is 0.368. The van der Waals surface area contributed by atoms with Crippen LogP contribution in [-0.4, -0.2) is 17.4 Å². The van der Waals surface area contributed by atoms with Gasteiger partial charge in [0, 0.05) is 18.4 Å². The number of aryl methyl sites for hydroxylation is 1. The highest BCUT2D eigenvalue weighted by Crippen LogP contribution is 2.30. The molecule has 0 aliphatic rings. The molecule has 0 saturated heterocycles. The Hall–Kier alpha value is -2.40. The molecule has 0 atom stereocenters. The van der Waals surface area contributed by atoms with Crippen molar-refractivity contribution in [3.05, 3.63) is 48.3 Å². The first-order valence-corrected chi connectivity index (χ1v) is 8.24.